The van der Waals surface area contributed by atoms with E-state index in [1.54, 1.807) is 0 Å². The standard InChI is InChI=1S/C18H28N2/c1-18(2)8-6-17(7-9-18)20(3)13-14-4-5-15-11-19-12-16(15)10-14/h4-5,10,17,19H,6-9,11-13H2,1-3H3. The van der Waals surface area contributed by atoms with Crippen molar-refractivity contribution in [3.05, 3.63) is 34.9 Å². The van der Waals surface area contributed by atoms with Gasteiger partial charge >= 0.3 is 0 Å². The van der Waals surface area contributed by atoms with Crippen LogP contribution in [0.2, 0.25) is 0 Å². The topological polar surface area (TPSA) is 15.3 Å². The smallest absolute Gasteiger partial charge is 0.0233 e. The second-order valence-electron chi connectivity index (χ2n) is 7.52. The number of hydrogen-bond acceptors (Lipinski definition) is 2. The molecule has 1 N–H and O–H groups in total. The average molecular weight is 272 g/mol. The molecule has 2 heteroatoms. The number of hydrogen-bond donors (Lipinski definition) is 1. The van der Waals surface area contributed by atoms with Gasteiger partial charge in [0.25, 0.3) is 0 Å². The Morgan fingerprint density at radius 2 is 1.85 bits per heavy atom. The van der Waals surface area contributed by atoms with E-state index in [2.05, 4.69) is 49.3 Å². The zero-order valence-corrected chi connectivity index (χ0v) is 13.2. The summed E-state index contributed by atoms with van der Waals surface area (Å²) in [4.78, 5) is 2.57. The minimum Gasteiger partial charge on any atom is -0.309 e. The highest BCUT2D eigenvalue weighted by atomic mass is 15.1. The van der Waals surface area contributed by atoms with Crippen LogP contribution in [0.5, 0.6) is 0 Å². The largest absolute Gasteiger partial charge is 0.309 e. The molecule has 1 aliphatic carbocycles. The third-order valence-electron chi connectivity index (χ3n) is 5.27. The van der Waals surface area contributed by atoms with Crippen molar-refractivity contribution in [2.24, 2.45) is 5.41 Å². The molecule has 0 amide bonds. The molecular weight excluding hydrogens is 244 g/mol. The highest BCUT2D eigenvalue weighted by Crippen LogP contribution is 2.36. The van der Waals surface area contributed by atoms with Crippen LogP contribution in [0.15, 0.2) is 18.2 Å². The zero-order valence-electron chi connectivity index (χ0n) is 13.2. The first-order valence-electron chi connectivity index (χ1n) is 8.05. The van der Waals surface area contributed by atoms with E-state index in [-0.39, 0.29) is 0 Å². The molecule has 0 bridgehead atoms. The van der Waals surface area contributed by atoms with E-state index in [1.807, 2.05) is 0 Å². The summed E-state index contributed by atoms with van der Waals surface area (Å²) >= 11 is 0. The molecule has 3 rings (SSSR count). The summed E-state index contributed by atoms with van der Waals surface area (Å²) in [5.74, 6) is 0. The predicted octanol–water partition coefficient (Wildman–Crippen LogP) is 3.69. The lowest BCUT2D eigenvalue weighted by Crippen LogP contribution is -2.36. The Labute approximate surface area is 123 Å². The molecule has 1 aliphatic heterocycles. The Kier molecular flexibility index (Phi) is 3.87. The molecule has 0 spiro atoms. The molecule has 0 atom stereocenters. The minimum atomic E-state index is 0.566. The molecule has 1 aromatic carbocycles. The van der Waals surface area contributed by atoms with Gasteiger partial charge < -0.3 is 5.32 Å². The zero-order chi connectivity index (χ0) is 14.2. The molecule has 0 aromatic heterocycles. The normalized spacial score (nSPS) is 22.2. The molecular formula is C18H28N2. The highest BCUT2D eigenvalue weighted by Gasteiger charge is 2.28. The fraction of sp³-hybridized carbons (Fsp3) is 0.667. The predicted molar refractivity (Wildman–Crippen MR) is 84.5 cm³/mol. The van der Waals surface area contributed by atoms with Crippen molar-refractivity contribution < 1.29 is 0 Å². The van der Waals surface area contributed by atoms with Crippen LogP contribution in [-0.4, -0.2) is 18.0 Å². The summed E-state index contributed by atoms with van der Waals surface area (Å²) < 4.78 is 0. The van der Waals surface area contributed by atoms with Crippen LogP contribution >= 0.6 is 0 Å². The number of fused-ring (bicyclic) bond motifs is 1. The fourth-order valence-electron chi connectivity index (χ4n) is 3.69. The van der Waals surface area contributed by atoms with Crippen LogP contribution in [0.4, 0.5) is 0 Å². The number of rotatable bonds is 3. The second kappa shape index (κ2) is 5.50. The number of nitrogens with zero attached hydrogens (tertiary/aromatic N) is 1. The highest BCUT2D eigenvalue weighted by molar-refractivity contribution is 5.34. The van der Waals surface area contributed by atoms with Crippen molar-refractivity contribution in [2.45, 2.75) is 65.2 Å². The summed E-state index contributed by atoms with van der Waals surface area (Å²) in [5, 5.41) is 3.43. The lowest BCUT2D eigenvalue weighted by atomic mass is 9.75. The van der Waals surface area contributed by atoms with Crippen molar-refractivity contribution in [1.29, 1.82) is 0 Å². The van der Waals surface area contributed by atoms with E-state index in [0.29, 0.717) is 5.41 Å². The molecule has 0 radical (unpaired) electrons. The van der Waals surface area contributed by atoms with E-state index < -0.39 is 0 Å². The maximum atomic E-state index is 3.43. The Hall–Kier alpha value is -0.860. The van der Waals surface area contributed by atoms with Gasteiger partial charge in [0.2, 0.25) is 0 Å². The van der Waals surface area contributed by atoms with Gasteiger partial charge in [-0.15, -0.1) is 0 Å². The van der Waals surface area contributed by atoms with Gasteiger partial charge in [-0.25, -0.2) is 0 Å². The Bertz CT molecular complexity index is 468. The van der Waals surface area contributed by atoms with Crippen molar-refractivity contribution >= 4 is 0 Å². The first-order valence-corrected chi connectivity index (χ1v) is 8.05. The van der Waals surface area contributed by atoms with Gasteiger partial charge in [-0.2, -0.15) is 0 Å². The average Bonchev–Trinajstić information content (AvgIpc) is 2.86. The molecule has 1 fully saturated rings. The lowest BCUT2D eigenvalue weighted by molar-refractivity contribution is 0.123. The van der Waals surface area contributed by atoms with Crippen molar-refractivity contribution in [1.82, 2.24) is 10.2 Å². The van der Waals surface area contributed by atoms with Crippen LogP contribution < -0.4 is 5.32 Å². The summed E-state index contributed by atoms with van der Waals surface area (Å²) in [6.45, 7) is 8.01. The van der Waals surface area contributed by atoms with Gasteiger partial charge in [0.05, 0.1) is 0 Å². The summed E-state index contributed by atoms with van der Waals surface area (Å²) in [6.07, 6.45) is 5.46. The Balaban J connectivity index is 1.60. The van der Waals surface area contributed by atoms with Gasteiger partial charge in [-0.3, -0.25) is 4.90 Å². The van der Waals surface area contributed by atoms with E-state index in [4.69, 9.17) is 0 Å². The van der Waals surface area contributed by atoms with Gasteiger partial charge in [0.15, 0.2) is 0 Å². The molecule has 0 saturated heterocycles. The van der Waals surface area contributed by atoms with Gasteiger partial charge in [-0.05, 0) is 54.8 Å². The Morgan fingerprint density at radius 1 is 1.15 bits per heavy atom. The quantitative estimate of drug-likeness (QED) is 0.903. The number of nitrogens with one attached hydrogen (secondary N) is 1. The maximum absolute atomic E-state index is 3.43. The minimum absolute atomic E-state index is 0.566. The van der Waals surface area contributed by atoms with E-state index >= 15 is 0 Å². The fourth-order valence-corrected chi connectivity index (χ4v) is 3.69. The van der Waals surface area contributed by atoms with Crippen molar-refractivity contribution in [2.75, 3.05) is 7.05 Å². The van der Waals surface area contributed by atoms with Crippen molar-refractivity contribution in [3.8, 4) is 0 Å². The van der Waals surface area contributed by atoms with Crippen LogP contribution in [-0.2, 0) is 19.6 Å². The summed E-state index contributed by atoms with van der Waals surface area (Å²) in [6, 6.07) is 7.80. The molecule has 0 unspecified atom stereocenters. The summed E-state index contributed by atoms with van der Waals surface area (Å²) in [7, 11) is 2.30. The van der Waals surface area contributed by atoms with E-state index in [1.165, 1.54) is 42.4 Å². The van der Waals surface area contributed by atoms with Crippen LogP contribution in [0, 0.1) is 5.41 Å². The SMILES string of the molecule is CN(Cc1ccc2c(c1)CNC2)C1CCC(C)(C)CC1. The maximum Gasteiger partial charge on any atom is 0.0233 e. The molecule has 20 heavy (non-hydrogen) atoms. The van der Waals surface area contributed by atoms with Crippen LogP contribution in [0.1, 0.15) is 56.2 Å². The monoisotopic (exact) mass is 272 g/mol. The molecule has 2 aliphatic rings. The van der Waals surface area contributed by atoms with E-state index in [0.717, 1.165) is 25.7 Å². The van der Waals surface area contributed by atoms with Gasteiger partial charge in [0.1, 0.15) is 0 Å². The molecule has 1 aromatic rings. The van der Waals surface area contributed by atoms with E-state index in [9.17, 15) is 0 Å². The molecule has 1 heterocycles. The molecule has 110 valence electrons. The second-order valence-corrected chi connectivity index (χ2v) is 7.52. The van der Waals surface area contributed by atoms with Crippen LogP contribution in [0.25, 0.3) is 0 Å². The molecule has 2 nitrogen and oxygen atoms in total. The first kappa shape index (κ1) is 14.1. The Morgan fingerprint density at radius 3 is 2.60 bits per heavy atom. The summed E-state index contributed by atoms with van der Waals surface area (Å²) in [5.41, 5.74) is 5.02. The molecule has 1 saturated carbocycles. The number of benzene rings is 1. The third kappa shape index (κ3) is 3.07. The lowest BCUT2D eigenvalue weighted by Gasteiger charge is -2.38. The first-order chi connectivity index (χ1) is 9.53. The third-order valence-corrected chi connectivity index (χ3v) is 5.27. The van der Waals surface area contributed by atoms with Gasteiger partial charge in [-0.1, -0.05) is 32.0 Å². The van der Waals surface area contributed by atoms with Crippen LogP contribution in [0.3, 0.4) is 0 Å². The van der Waals surface area contributed by atoms with Gasteiger partial charge in [0, 0.05) is 25.7 Å². The van der Waals surface area contributed by atoms with Crippen molar-refractivity contribution in [3.63, 3.8) is 0 Å².